The second-order valence-corrected chi connectivity index (χ2v) is 8.58. The van der Waals surface area contributed by atoms with Crippen LogP contribution in [0.4, 0.5) is 0 Å². The van der Waals surface area contributed by atoms with Crippen molar-refractivity contribution >= 4 is 17.1 Å². The van der Waals surface area contributed by atoms with Crippen molar-refractivity contribution in [3.8, 4) is 0 Å². The number of aliphatic hydroxyl groups is 1. The molecule has 1 aromatic carbocycles. The molecule has 0 unspecified atom stereocenters. The molecule has 1 N–H and O–H groups in total. The van der Waals surface area contributed by atoms with Crippen LogP contribution >= 0.6 is 0 Å². The molecule has 0 saturated carbocycles. The molecule has 4 rings (SSSR count). The lowest BCUT2D eigenvalue weighted by Crippen LogP contribution is -2.60. The summed E-state index contributed by atoms with van der Waals surface area (Å²) in [5.74, 6) is -0.0783. The second kappa shape index (κ2) is 7.81. The molecule has 2 aromatic heterocycles. The standard InChI is InChI=1S/C23H29N5O2/c1-16(2)28-15-25-19-12-17(13-24-21(19)28)22(29)27-11-10-23(30,20(14-27)26(3)4)18-8-6-5-7-9-18/h5-9,12-13,15-16,20,30H,10-11,14H2,1-4H3/t20-,23+/m1/s1. The summed E-state index contributed by atoms with van der Waals surface area (Å²) < 4.78 is 1.99. The molecule has 7 heteroatoms. The van der Waals surface area contributed by atoms with Gasteiger partial charge in [0.05, 0.1) is 17.9 Å². The lowest BCUT2D eigenvalue weighted by atomic mass is 9.79. The molecule has 1 aliphatic rings. The van der Waals surface area contributed by atoms with Crippen molar-refractivity contribution in [3.63, 3.8) is 0 Å². The first-order valence-electron chi connectivity index (χ1n) is 10.4. The van der Waals surface area contributed by atoms with Gasteiger partial charge in [0.2, 0.25) is 0 Å². The number of likely N-dealkylation sites (tertiary alicyclic amines) is 1. The number of carbonyl (C=O) groups is 1. The molecule has 1 aliphatic heterocycles. The largest absolute Gasteiger partial charge is 0.383 e. The Morgan fingerprint density at radius 1 is 1.23 bits per heavy atom. The van der Waals surface area contributed by atoms with E-state index in [1.807, 2.05) is 64.9 Å². The quantitative estimate of drug-likeness (QED) is 0.720. The van der Waals surface area contributed by atoms with Gasteiger partial charge in [-0.15, -0.1) is 0 Å². The number of fused-ring (bicyclic) bond motifs is 1. The number of carbonyl (C=O) groups excluding carboxylic acids is 1. The summed E-state index contributed by atoms with van der Waals surface area (Å²) in [6.45, 7) is 5.07. The van der Waals surface area contributed by atoms with Crippen LogP contribution < -0.4 is 0 Å². The molecule has 2 atom stereocenters. The minimum absolute atomic E-state index is 0.0783. The average Bonchev–Trinajstić information content (AvgIpc) is 3.17. The molecular formula is C23H29N5O2. The van der Waals surface area contributed by atoms with Crippen LogP contribution in [-0.4, -0.2) is 68.6 Å². The normalized spacial score (nSPS) is 22.2. The fraction of sp³-hybridized carbons (Fsp3) is 0.435. The summed E-state index contributed by atoms with van der Waals surface area (Å²) in [5.41, 5.74) is 1.92. The molecule has 1 saturated heterocycles. The van der Waals surface area contributed by atoms with Crippen molar-refractivity contribution in [3.05, 3.63) is 60.0 Å². The van der Waals surface area contributed by atoms with Crippen LogP contribution in [0.15, 0.2) is 48.9 Å². The lowest BCUT2D eigenvalue weighted by Gasteiger charge is -2.47. The average molecular weight is 408 g/mol. The van der Waals surface area contributed by atoms with Crippen LogP contribution in [-0.2, 0) is 5.60 Å². The second-order valence-electron chi connectivity index (χ2n) is 8.58. The Morgan fingerprint density at radius 3 is 2.63 bits per heavy atom. The third-order valence-electron chi connectivity index (χ3n) is 6.11. The maximum absolute atomic E-state index is 13.3. The third-order valence-corrected chi connectivity index (χ3v) is 6.11. The number of piperidine rings is 1. The van der Waals surface area contributed by atoms with Crippen molar-refractivity contribution < 1.29 is 9.90 Å². The Kier molecular flexibility index (Phi) is 5.34. The van der Waals surface area contributed by atoms with Gasteiger partial charge in [0.25, 0.3) is 5.91 Å². The van der Waals surface area contributed by atoms with Gasteiger partial charge in [-0.25, -0.2) is 9.97 Å². The maximum atomic E-state index is 13.3. The number of nitrogens with zero attached hydrogens (tertiary/aromatic N) is 5. The number of hydrogen-bond acceptors (Lipinski definition) is 5. The summed E-state index contributed by atoms with van der Waals surface area (Å²) in [6, 6.07) is 11.6. The van der Waals surface area contributed by atoms with E-state index in [-0.39, 0.29) is 18.0 Å². The van der Waals surface area contributed by atoms with Gasteiger partial charge in [-0.1, -0.05) is 30.3 Å². The van der Waals surface area contributed by atoms with Gasteiger partial charge in [0, 0.05) is 25.3 Å². The maximum Gasteiger partial charge on any atom is 0.255 e. The van der Waals surface area contributed by atoms with E-state index in [1.54, 1.807) is 12.5 Å². The molecular weight excluding hydrogens is 378 g/mol. The molecule has 30 heavy (non-hydrogen) atoms. The van der Waals surface area contributed by atoms with E-state index in [2.05, 4.69) is 23.8 Å². The zero-order chi connectivity index (χ0) is 21.5. The summed E-state index contributed by atoms with van der Waals surface area (Å²) >= 11 is 0. The van der Waals surface area contributed by atoms with Crippen LogP contribution in [0.1, 0.15) is 42.2 Å². The number of rotatable bonds is 4. The zero-order valence-corrected chi connectivity index (χ0v) is 18.0. The monoisotopic (exact) mass is 407 g/mol. The van der Waals surface area contributed by atoms with Gasteiger partial charge < -0.3 is 19.5 Å². The summed E-state index contributed by atoms with van der Waals surface area (Å²) in [7, 11) is 3.89. The van der Waals surface area contributed by atoms with Gasteiger partial charge in [0.15, 0.2) is 5.65 Å². The Bertz CT molecular complexity index is 1050. The zero-order valence-electron chi connectivity index (χ0n) is 18.0. The van der Waals surface area contributed by atoms with Crippen molar-refractivity contribution in [2.45, 2.75) is 38.0 Å². The Hall–Kier alpha value is -2.77. The first kappa shape index (κ1) is 20.5. The van der Waals surface area contributed by atoms with Crippen LogP contribution in [0.5, 0.6) is 0 Å². The van der Waals surface area contributed by atoms with Crippen LogP contribution in [0.3, 0.4) is 0 Å². The molecule has 0 spiro atoms. The van der Waals surface area contributed by atoms with Gasteiger partial charge in [0.1, 0.15) is 11.1 Å². The fourth-order valence-electron chi connectivity index (χ4n) is 4.36. The van der Waals surface area contributed by atoms with E-state index >= 15 is 0 Å². The number of imidazole rings is 1. The topological polar surface area (TPSA) is 74.5 Å². The van der Waals surface area contributed by atoms with Gasteiger partial charge in [-0.2, -0.15) is 0 Å². The molecule has 0 aliphatic carbocycles. The smallest absolute Gasteiger partial charge is 0.255 e. The summed E-state index contributed by atoms with van der Waals surface area (Å²) in [5, 5.41) is 11.5. The molecule has 1 amide bonds. The van der Waals surface area contributed by atoms with Gasteiger partial charge >= 0.3 is 0 Å². The first-order chi connectivity index (χ1) is 14.3. The molecule has 158 valence electrons. The number of pyridine rings is 1. The van der Waals surface area contributed by atoms with Gasteiger partial charge in [-0.05, 0) is 46.0 Å². The van der Waals surface area contributed by atoms with Crippen molar-refractivity contribution in [1.82, 2.24) is 24.3 Å². The molecule has 1 fully saturated rings. The molecule has 3 heterocycles. The minimum atomic E-state index is -1.00. The number of likely N-dealkylation sites (N-methyl/N-ethyl adjacent to an activating group) is 1. The predicted molar refractivity (Wildman–Crippen MR) is 116 cm³/mol. The first-order valence-corrected chi connectivity index (χ1v) is 10.4. The highest BCUT2D eigenvalue weighted by molar-refractivity contribution is 5.96. The highest BCUT2D eigenvalue weighted by Crippen LogP contribution is 2.35. The van der Waals surface area contributed by atoms with E-state index < -0.39 is 5.60 Å². The van der Waals surface area contributed by atoms with Crippen LogP contribution in [0, 0.1) is 0 Å². The number of amides is 1. The van der Waals surface area contributed by atoms with E-state index in [1.165, 1.54) is 0 Å². The SMILES string of the molecule is CC(C)n1cnc2cc(C(=O)N3CC[C@](O)(c4ccccc4)[C@H](N(C)C)C3)cnc21. The lowest BCUT2D eigenvalue weighted by molar-refractivity contribution is -0.0810. The summed E-state index contributed by atoms with van der Waals surface area (Å²) in [4.78, 5) is 26.0. The molecule has 3 aromatic rings. The van der Waals surface area contributed by atoms with Crippen LogP contribution in [0.2, 0.25) is 0 Å². The summed E-state index contributed by atoms with van der Waals surface area (Å²) in [6.07, 6.45) is 3.87. The Balaban J connectivity index is 1.59. The number of benzene rings is 1. The highest BCUT2D eigenvalue weighted by atomic mass is 16.3. The van der Waals surface area contributed by atoms with E-state index in [0.29, 0.717) is 25.1 Å². The van der Waals surface area contributed by atoms with Crippen molar-refractivity contribution in [2.75, 3.05) is 27.2 Å². The van der Waals surface area contributed by atoms with Crippen molar-refractivity contribution in [1.29, 1.82) is 0 Å². The Labute approximate surface area is 177 Å². The fourth-order valence-corrected chi connectivity index (χ4v) is 4.36. The Morgan fingerprint density at radius 2 is 1.97 bits per heavy atom. The third kappa shape index (κ3) is 3.48. The predicted octanol–water partition coefficient (Wildman–Crippen LogP) is 2.68. The molecule has 0 bridgehead atoms. The number of aromatic nitrogens is 3. The van der Waals surface area contributed by atoms with Gasteiger partial charge in [-0.3, -0.25) is 4.79 Å². The van der Waals surface area contributed by atoms with E-state index in [9.17, 15) is 9.90 Å². The van der Waals surface area contributed by atoms with Crippen molar-refractivity contribution in [2.24, 2.45) is 0 Å². The van der Waals surface area contributed by atoms with E-state index in [4.69, 9.17) is 0 Å². The minimum Gasteiger partial charge on any atom is -0.383 e. The number of hydrogen-bond donors (Lipinski definition) is 1. The highest BCUT2D eigenvalue weighted by Gasteiger charge is 2.45. The molecule has 7 nitrogen and oxygen atoms in total. The van der Waals surface area contributed by atoms with Crippen LogP contribution in [0.25, 0.3) is 11.2 Å². The molecule has 0 radical (unpaired) electrons. The van der Waals surface area contributed by atoms with E-state index in [0.717, 1.165) is 16.7 Å².